The van der Waals surface area contributed by atoms with Crippen LogP contribution in [0.25, 0.3) is 0 Å². The number of aryl methyl sites for hydroxylation is 1. The second-order valence-electron chi connectivity index (χ2n) is 7.14. The molecule has 1 fully saturated rings. The predicted octanol–water partition coefficient (Wildman–Crippen LogP) is 4.24. The van der Waals surface area contributed by atoms with E-state index in [4.69, 9.17) is 0 Å². The molecular formula is C22H24N4OS. The van der Waals surface area contributed by atoms with E-state index in [1.807, 2.05) is 48.2 Å². The van der Waals surface area contributed by atoms with Crippen LogP contribution in [0.4, 0.5) is 0 Å². The third-order valence-corrected chi connectivity index (χ3v) is 5.78. The molecule has 0 bridgehead atoms. The van der Waals surface area contributed by atoms with Crippen LogP contribution >= 0.6 is 11.8 Å². The molecule has 28 heavy (non-hydrogen) atoms. The van der Waals surface area contributed by atoms with Gasteiger partial charge >= 0.3 is 0 Å². The van der Waals surface area contributed by atoms with Crippen LogP contribution in [0.1, 0.15) is 35.8 Å². The van der Waals surface area contributed by atoms with Crippen molar-refractivity contribution in [2.75, 3.05) is 5.75 Å². The molecule has 2 aromatic carbocycles. The lowest BCUT2D eigenvalue weighted by Gasteiger charge is -2.23. The molecule has 0 atom stereocenters. The van der Waals surface area contributed by atoms with Crippen molar-refractivity contribution in [1.82, 2.24) is 19.7 Å². The lowest BCUT2D eigenvalue weighted by molar-refractivity contribution is -0.129. The maximum Gasteiger partial charge on any atom is 0.233 e. The summed E-state index contributed by atoms with van der Waals surface area (Å²) in [4.78, 5) is 15.0. The summed E-state index contributed by atoms with van der Waals surface area (Å²) in [5.74, 6) is 1.41. The number of rotatable bonds is 8. The second kappa shape index (κ2) is 8.61. The standard InChI is InChI=1S/C22H24N4OS/c1-17-23-24-22(26(17)20-12-13-20)28-16-21(27)25(14-18-8-4-2-5-9-18)15-19-10-6-3-7-11-19/h2-11,20H,12-16H2,1H3. The zero-order valence-corrected chi connectivity index (χ0v) is 16.8. The van der Waals surface area contributed by atoms with Crippen LogP contribution in [0.5, 0.6) is 0 Å². The van der Waals surface area contributed by atoms with Crippen LogP contribution < -0.4 is 0 Å². The molecule has 5 nitrogen and oxygen atoms in total. The summed E-state index contributed by atoms with van der Waals surface area (Å²) in [7, 11) is 0. The van der Waals surface area contributed by atoms with Gasteiger partial charge in [0.2, 0.25) is 5.91 Å². The smallest absolute Gasteiger partial charge is 0.233 e. The van der Waals surface area contributed by atoms with Crippen molar-refractivity contribution in [1.29, 1.82) is 0 Å². The van der Waals surface area contributed by atoms with E-state index < -0.39 is 0 Å². The fourth-order valence-electron chi connectivity index (χ4n) is 3.26. The highest BCUT2D eigenvalue weighted by atomic mass is 32.2. The first-order valence-corrected chi connectivity index (χ1v) is 10.6. The third kappa shape index (κ3) is 4.62. The molecule has 0 spiro atoms. The Bertz CT molecular complexity index is 881. The number of nitrogens with zero attached hydrogens (tertiary/aromatic N) is 4. The van der Waals surface area contributed by atoms with Gasteiger partial charge in [0.05, 0.1) is 5.75 Å². The molecule has 1 aliphatic rings. The zero-order valence-electron chi connectivity index (χ0n) is 16.0. The molecule has 0 saturated heterocycles. The van der Waals surface area contributed by atoms with Gasteiger partial charge in [0.1, 0.15) is 5.82 Å². The maximum atomic E-state index is 13.1. The van der Waals surface area contributed by atoms with Crippen molar-refractivity contribution < 1.29 is 4.79 Å². The minimum Gasteiger partial charge on any atom is -0.333 e. The van der Waals surface area contributed by atoms with Crippen molar-refractivity contribution in [3.05, 3.63) is 77.6 Å². The van der Waals surface area contributed by atoms with E-state index in [2.05, 4.69) is 39.0 Å². The second-order valence-corrected chi connectivity index (χ2v) is 8.08. The van der Waals surface area contributed by atoms with Crippen molar-refractivity contribution in [2.45, 2.75) is 44.1 Å². The Morgan fingerprint density at radius 2 is 1.57 bits per heavy atom. The van der Waals surface area contributed by atoms with Crippen molar-refractivity contribution in [3.63, 3.8) is 0 Å². The van der Waals surface area contributed by atoms with Crippen LogP contribution in [0.15, 0.2) is 65.8 Å². The number of benzene rings is 2. The van der Waals surface area contributed by atoms with Gasteiger partial charge in [-0.15, -0.1) is 10.2 Å². The van der Waals surface area contributed by atoms with Gasteiger partial charge in [0, 0.05) is 19.1 Å². The molecular weight excluding hydrogens is 368 g/mol. The average molecular weight is 393 g/mol. The van der Waals surface area contributed by atoms with Gasteiger partial charge in [0.25, 0.3) is 0 Å². The Balaban J connectivity index is 1.46. The average Bonchev–Trinajstić information content (AvgIpc) is 3.49. The van der Waals surface area contributed by atoms with Crippen LogP contribution in [-0.2, 0) is 17.9 Å². The number of amides is 1. The van der Waals surface area contributed by atoms with Crippen molar-refractivity contribution in [2.24, 2.45) is 0 Å². The summed E-state index contributed by atoms with van der Waals surface area (Å²) in [5.41, 5.74) is 2.27. The number of hydrogen-bond donors (Lipinski definition) is 0. The van der Waals surface area contributed by atoms with Crippen LogP contribution in [0, 0.1) is 6.92 Å². The molecule has 4 rings (SSSR count). The van der Waals surface area contributed by atoms with Gasteiger partial charge in [-0.25, -0.2) is 0 Å². The van der Waals surface area contributed by atoms with E-state index >= 15 is 0 Å². The quantitative estimate of drug-likeness (QED) is 0.538. The van der Waals surface area contributed by atoms with Gasteiger partial charge in [-0.1, -0.05) is 72.4 Å². The SMILES string of the molecule is Cc1nnc(SCC(=O)N(Cc2ccccc2)Cc2ccccc2)n1C1CC1. The summed E-state index contributed by atoms with van der Waals surface area (Å²) in [6.07, 6.45) is 2.35. The number of aromatic nitrogens is 3. The Hall–Kier alpha value is -2.60. The normalized spacial score (nSPS) is 13.5. The van der Waals surface area contributed by atoms with E-state index in [1.54, 1.807) is 0 Å². The first kappa shape index (κ1) is 18.7. The van der Waals surface area contributed by atoms with Crippen LogP contribution in [0.2, 0.25) is 0 Å². The van der Waals surface area contributed by atoms with E-state index in [1.165, 1.54) is 24.6 Å². The topological polar surface area (TPSA) is 51.0 Å². The summed E-state index contributed by atoms with van der Waals surface area (Å²) in [5, 5.41) is 9.34. The van der Waals surface area contributed by atoms with Gasteiger partial charge in [-0.05, 0) is 30.9 Å². The molecule has 1 heterocycles. The lowest BCUT2D eigenvalue weighted by Crippen LogP contribution is -2.31. The van der Waals surface area contributed by atoms with E-state index in [9.17, 15) is 4.79 Å². The molecule has 0 unspecified atom stereocenters. The molecule has 1 saturated carbocycles. The van der Waals surface area contributed by atoms with Gasteiger partial charge in [-0.2, -0.15) is 0 Å². The monoisotopic (exact) mass is 392 g/mol. The molecule has 1 amide bonds. The molecule has 1 aliphatic carbocycles. The fourth-order valence-corrected chi connectivity index (χ4v) is 4.21. The summed E-state index contributed by atoms with van der Waals surface area (Å²) < 4.78 is 2.18. The first-order valence-electron chi connectivity index (χ1n) is 9.60. The number of carbonyl (C=O) groups excluding carboxylic acids is 1. The van der Waals surface area contributed by atoms with E-state index in [-0.39, 0.29) is 5.91 Å². The first-order chi connectivity index (χ1) is 13.7. The lowest BCUT2D eigenvalue weighted by atomic mass is 10.1. The largest absolute Gasteiger partial charge is 0.333 e. The molecule has 0 aliphatic heterocycles. The van der Waals surface area contributed by atoms with Crippen LogP contribution in [0.3, 0.4) is 0 Å². The Labute approximate surface area is 169 Å². The number of hydrogen-bond acceptors (Lipinski definition) is 4. The van der Waals surface area contributed by atoms with Crippen molar-refractivity contribution in [3.8, 4) is 0 Å². The highest BCUT2D eigenvalue weighted by Crippen LogP contribution is 2.38. The highest BCUT2D eigenvalue weighted by Gasteiger charge is 2.28. The molecule has 1 aromatic heterocycles. The zero-order chi connectivity index (χ0) is 19.3. The van der Waals surface area contributed by atoms with Gasteiger partial charge in [0.15, 0.2) is 5.16 Å². The summed E-state index contributed by atoms with van der Waals surface area (Å²) in [6, 6.07) is 20.8. The molecule has 3 aromatic rings. The molecule has 6 heteroatoms. The summed E-state index contributed by atoms with van der Waals surface area (Å²) in [6.45, 7) is 3.18. The molecule has 0 radical (unpaired) electrons. The Morgan fingerprint density at radius 3 is 2.11 bits per heavy atom. The number of carbonyl (C=O) groups is 1. The highest BCUT2D eigenvalue weighted by molar-refractivity contribution is 7.99. The third-order valence-electron chi connectivity index (χ3n) is 4.86. The van der Waals surface area contributed by atoms with E-state index in [0.29, 0.717) is 24.9 Å². The van der Waals surface area contributed by atoms with Crippen LogP contribution in [-0.4, -0.2) is 31.3 Å². The Morgan fingerprint density at radius 1 is 1.00 bits per heavy atom. The molecule has 0 N–H and O–H groups in total. The van der Waals surface area contributed by atoms with Gasteiger partial charge in [-0.3, -0.25) is 4.79 Å². The van der Waals surface area contributed by atoms with Gasteiger partial charge < -0.3 is 9.47 Å². The molecule has 144 valence electrons. The predicted molar refractivity (Wildman–Crippen MR) is 111 cm³/mol. The Kier molecular flexibility index (Phi) is 5.76. The summed E-state index contributed by atoms with van der Waals surface area (Å²) >= 11 is 1.49. The minimum atomic E-state index is 0.112. The van der Waals surface area contributed by atoms with Crippen molar-refractivity contribution >= 4 is 17.7 Å². The fraction of sp³-hybridized carbons (Fsp3) is 0.318. The number of thioether (sulfide) groups is 1. The maximum absolute atomic E-state index is 13.1. The minimum absolute atomic E-state index is 0.112. The van der Waals surface area contributed by atoms with E-state index in [0.717, 1.165) is 22.1 Å².